The van der Waals surface area contributed by atoms with Gasteiger partial charge in [-0.15, -0.1) is 0 Å². The van der Waals surface area contributed by atoms with Gasteiger partial charge in [0, 0.05) is 31.2 Å². The molecule has 1 aromatic carbocycles. The normalized spacial score (nSPS) is 13.0. The van der Waals surface area contributed by atoms with Crippen LogP contribution in [-0.4, -0.2) is 14.8 Å². The van der Waals surface area contributed by atoms with E-state index in [9.17, 15) is 13.2 Å². The average molecular weight is 346 g/mol. The predicted molar refractivity (Wildman–Crippen MR) is 88.1 cm³/mol. The van der Waals surface area contributed by atoms with Gasteiger partial charge in [0.25, 0.3) is 0 Å². The molecule has 1 unspecified atom stereocenters. The minimum Gasteiger partial charge on any atom is -0.306 e. The number of pyridine rings is 1. The topological polar surface area (TPSA) is 42.7 Å². The number of halogens is 3. The first kappa shape index (κ1) is 17.2. The quantitative estimate of drug-likeness (QED) is 0.755. The molecule has 2 heterocycles. The van der Waals surface area contributed by atoms with Gasteiger partial charge in [-0.3, -0.25) is 0 Å². The van der Waals surface area contributed by atoms with Crippen molar-refractivity contribution in [1.29, 1.82) is 0 Å². The molecule has 0 bridgehead atoms. The molecule has 130 valence electrons. The number of nitrogens with zero attached hydrogens (tertiary/aromatic N) is 3. The van der Waals surface area contributed by atoms with E-state index < -0.39 is 11.7 Å². The summed E-state index contributed by atoms with van der Waals surface area (Å²) >= 11 is 0. The highest BCUT2D eigenvalue weighted by Gasteiger charge is 2.30. The number of hydrogen-bond donors (Lipinski definition) is 1. The van der Waals surface area contributed by atoms with Gasteiger partial charge in [-0.2, -0.15) is 18.3 Å². The Bertz CT molecular complexity index is 828. The van der Waals surface area contributed by atoms with Crippen LogP contribution >= 0.6 is 0 Å². The largest absolute Gasteiger partial charge is 0.416 e. The van der Waals surface area contributed by atoms with Gasteiger partial charge >= 0.3 is 6.18 Å². The second-order valence-corrected chi connectivity index (χ2v) is 5.70. The minimum atomic E-state index is -4.33. The molecule has 0 radical (unpaired) electrons. The van der Waals surface area contributed by atoms with E-state index in [0.717, 1.165) is 11.6 Å². The van der Waals surface area contributed by atoms with Crippen LogP contribution in [0, 0.1) is 0 Å². The average Bonchev–Trinajstić information content (AvgIpc) is 3.14. The lowest BCUT2D eigenvalue weighted by Gasteiger charge is -2.16. The van der Waals surface area contributed by atoms with Crippen molar-refractivity contribution in [2.24, 2.45) is 0 Å². The fraction of sp³-hybridized carbons (Fsp3) is 0.222. The summed E-state index contributed by atoms with van der Waals surface area (Å²) in [5, 5.41) is 7.37. The lowest BCUT2D eigenvalue weighted by atomic mass is 10.0. The number of alkyl halides is 3. The molecule has 3 aromatic rings. The molecule has 0 spiro atoms. The summed E-state index contributed by atoms with van der Waals surface area (Å²) in [4.78, 5) is 4.25. The maximum absolute atomic E-state index is 12.8. The highest BCUT2D eigenvalue weighted by atomic mass is 19.4. The van der Waals surface area contributed by atoms with Gasteiger partial charge in [-0.1, -0.05) is 12.1 Å². The van der Waals surface area contributed by atoms with Crippen LogP contribution in [0.1, 0.15) is 29.7 Å². The van der Waals surface area contributed by atoms with Crippen molar-refractivity contribution >= 4 is 0 Å². The van der Waals surface area contributed by atoms with Gasteiger partial charge < -0.3 is 5.32 Å². The van der Waals surface area contributed by atoms with Crippen molar-refractivity contribution in [3.8, 4) is 5.82 Å². The molecule has 1 atom stereocenters. The Balaban J connectivity index is 1.69. The van der Waals surface area contributed by atoms with Gasteiger partial charge in [0.1, 0.15) is 0 Å². The molecular weight excluding hydrogens is 329 g/mol. The molecule has 0 saturated carbocycles. The maximum atomic E-state index is 12.8. The molecule has 0 fully saturated rings. The lowest BCUT2D eigenvalue weighted by Crippen LogP contribution is -2.19. The van der Waals surface area contributed by atoms with Crippen molar-refractivity contribution < 1.29 is 13.2 Å². The van der Waals surface area contributed by atoms with Crippen LogP contribution in [0.3, 0.4) is 0 Å². The molecule has 2 aromatic heterocycles. The Morgan fingerprint density at radius 3 is 2.68 bits per heavy atom. The van der Waals surface area contributed by atoms with E-state index >= 15 is 0 Å². The van der Waals surface area contributed by atoms with E-state index in [2.05, 4.69) is 15.4 Å². The van der Waals surface area contributed by atoms with Crippen molar-refractivity contribution in [3.05, 3.63) is 77.7 Å². The van der Waals surface area contributed by atoms with E-state index in [-0.39, 0.29) is 6.04 Å². The van der Waals surface area contributed by atoms with Crippen LogP contribution < -0.4 is 5.32 Å². The molecular formula is C18H17F3N4. The fourth-order valence-electron chi connectivity index (χ4n) is 2.47. The van der Waals surface area contributed by atoms with Crippen molar-refractivity contribution in [1.82, 2.24) is 20.1 Å². The number of nitrogens with one attached hydrogen (secondary N) is 1. The Labute approximate surface area is 143 Å². The van der Waals surface area contributed by atoms with Gasteiger partial charge in [-0.05, 0) is 48.4 Å². The molecule has 1 N–H and O–H groups in total. The number of rotatable bonds is 5. The summed E-state index contributed by atoms with van der Waals surface area (Å²) < 4.78 is 40.1. The van der Waals surface area contributed by atoms with Gasteiger partial charge in [0.15, 0.2) is 5.82 Å². The van der Waals surface area contributed by atoms with Gasteiger partial charge in [-0.25, -0.2) is 9.67 Å². The molecule has 0 amide bonds. The molecule has 25 heavy (non-hydrogen) atoms. The van der Waals surface area contributed by atoms with E-state index in [0.29, 0.717) is 17.9 Å². The Morgan fingerprint density at radius 1 is 1.12 bits per heavy atom. The fourth-order valence-corrected chi connectivity index (χ4v) is 2.47. The molecule has 4 nitrogen and oxygen atoms in total. The SMILES string of the molecule is CC(NCc1ccnc(-n2cccn2)c1)c1cccc(C(F)(F)F)c1. The Morgan fingerprint density at radius 2 is 1.96 bits per heavy atom. The highest BCUT2D eigenvalue weighted by molar-refractivity contribution is 5.29. The summed E-state index contributed by atoms with van der Waals surface area (Å²) in [5.74, 6) is 0.691. The third-order valence-corrected chi connectivity index (χ3v) is 3.88. The van der Waals surface area contributed by atoms with E-state index in [1.165, 1.54) is 12.1 Å². The Hall–Kier alpha value is -2.67. The predicted octanol–water partition coefficient (Wildman–Crippen LogP) is 4.14. The van der Waals surface area contributed by atoms with Crippen LogP contribution in [0.25, 0.3) is 5.82 Å². The van der Waals surface area contributed by atoms with Crippen molar-refractivity contribution in [2.45, 2.75) is 25.7 Å². The smallest absolute Gasteiger partial charge is 0.306 e. The molecule has 0 aliphatic heterocycles. The third kappa shape index (κ3) is 4.24. The van der Waals surface area contributed by atoms with E-state index in [1.807, 2.05) is 25.1 Å². The van der Waals surface area contributed by atoms with Crippen LogP contribution in [0.2, 0.25) is 0 Å². The second kappa shape index (κ2) is 7.06. The first-order valence-corrected chi connectivity index (χ1v) is 7.79. The zero-order valence-electron chi connectivity index (χ0n) is 13.5. The summed E-state index contributed by atoms with van der Waals surface area (Å²) in [6.07, 6.45) is 0.815. The third-order valence-electron chi connectivity index (χ3n) is 3.88. The zero-order valence-corrected chi connectivity index (χ0v) is 13.5. The van der Waals surface area contributed by atoms with Crippen molar-refractivity contribution in [2.75, 3.05) is 0 Å². The number of benzene rings is 1. The first-order chi connectivity index (χ1) is 11.9. The summed E-state index contributed by atoms with van der Waals surface area (Å²) in [5.41, 5.74) is 0.930. The van der Waals surface area contributed by atoms with Gasteiger partial charge in [0.05, 0.1) is 5.56 Å². The van der Waals surface area contributed by atoms with Crippen molar-refractivity contribution in [3.63, 3.8) is 0 Å². The molecule has 0 saturated heterocycles. The zero-order chi connectivity index (χ0) is 17.9. The van der Waals surface area contributed by atoms with Crippen LogP contribution in [-0.2, 0) is 12.7 Å². The van der Waals surface area contributed by atoms with Crippen LogP contribution in [0.15, 0.2) is 61.1 Å². The lowest BCUT2D eigenvalue weighted by molar-refractivity contribution is -0.137. The summed E-state index contributed by atoms with van der Waals surface area (Å²) in [6, 6.07) is 10.7. The Kier molecular flexibility index (Phi) is 4.85. The second-order valence-electron chi connectivity index (χ2n) is 5.70. The van der Waals surface area contributed by atoms with Crippen LogP contribution in [0.5, 0.6) is 0 Å². The van der Waals surface area contributed by atoms with Crippen LogP contribution in [0.4, 0.5) is 13.2 Å². The standard InChI is InChI=1S/C18H17F3N4/c1-13(15-4-2-5-16(11-15)18(19,20)21)23-12-14-6-8-22-17(10-14)25-9-3-7-24-25/h2-11,13,23H,12H2,1H3. The summed E-state index contributed by atoms with van der Waals surface area (Å²) in [6.45, 7) is 2.35. The molecule has 0 aliphatic rings. The minimum absolute atomic E-state index is 0.219. The monoisotopic (exact) mass is 346 g/mol. The highest BCUT2D eigenvalue weighted by Crippen LogP contribution is 2.30. The number of aromatic nitrogens is 3. The van der Waals surface area contributed by atoms with E-state index in [1.54, 1.807) is 29.3 Å². The first-order valence-electron chi connectivity index (χ1n) is 7.79. The molecule has 0 aliphatic carbocycles. The summed E-state index contributed by atoms with van der Waals surface area (Å²) in [7, 11) is 0. The number of hydrogen-bond acceptors (Lipinski definition) is 3. The molecule has 7 heteroatoms. The van der Waals surface area contributed by atoms with E-state index in [4.69, 9.17) is 0 Å². The van der Waals surface area contributed by atoms with Gasteiger partial charge in [0.2, 0.25) is 0 Å². The molecule has 3 rings (SSSR count). The maximum Gasteiger partial charge on any atom is 0.416 e.